The van der Waals surface area contributed by atoms with E-state index in [0.29, 0.717) is 11.7 Å². The molecule has 3 aromatic rings. The summed E-state index contributed by atoms with van der Waals surface area (Å²) >= 11 is 1.34. The zero-order chi connectivity index (χ0) is 17.6. The predicted molar refractivity (Wildman–Crippen MR) is 98.3 cm³/mol. The number of tetrazole rings is 1. The summed E-state index contributed by atoms with van der Waals surface area (Å²) in [5, 5.41) is 11.9. The van der Waals surface area contributed by atoms with Gasteiger partial charge in [0.05, 0.1) is 12.3 Å². The summed E-state index contributed by atoms with van der Waals surface area (Å²) in [5.74, 6) is 0.289. The van der Waals surface area contributed by atoms with Gasteiger partial charge in [-0.3, -0.25) is 4.79 Å². The standard InChI is InChI=1S/C18H19N5OS/c1-14-7-6-10-16(11-14)23(12-15-8-4-3-5-9-15)17(24)13-25-18-19-20-21-22(18)2/h3-11H,12-13H2,1-2H3. The summed E-state index contributed by atoms with van der Waals surface area (Å²) in [4.78, 5) is 14.7. The van der Waals surface area contributed by atoms with Crippen LogP contribution in [0.4, 0.5) is 5.69 Å². The molecule has 0 saturated heterocycles. The molecule has 0 unspecified atom stereocenters. The highest BCUT2D eigenvalue weighted by atomic mass is 32.2. The lowest BCUT2D eigenvalue weighted by Crippen LogP contribution is -2.32. The van der Waals surface area contributed by atoms with E-state index in [1.165, 1.54) is 11.8 Å². The summed E-state index contributed by atoms with van der Waals surface area (Å²) in [6.07, 6.45) is 0. The van der Waals surface area contributed by atoms with Crippen LogP contribution in [0.5, 0.6) is 0 Å². The molecule has 0 aliphatic heterocycles. The minimum Gasteiger partial charge on any atom is -0.307 e. The molecule has 7 heteroatoms. The number of nitrogens with zero attached hydrogens (tertiary/aromatic N) is 5. The third-order valence-electron chi connectivity index (χ3n) is 3.70. The van der Waals surface area contributed by atoms with Crippen molar-refractivity contribution in [1.82, 2.24) is 20.2 Å². The molecule has 2 aromatic carbocycles. The fourth-order valence-corrected chi connectivity index (χ4v) is 3.16. The van der Waals surface area contributed by atoms with Crippen molar-refractivity contribution in [2.24, 2.45) is 7.05 Å². The van der Waals surface area contributed by atoms with E-state index >= 15 is 0 Å². The van der Waals surface area contributed by atoms with Gasteiger partial charge < -0.3 is 4.90 Å². The first kappa shape index (κ1) is 17.2. The number of anilines is 1. The third kappa shape index (κ3) is 4.45. The second kappa shape index (κ2) is 7.94. The molecule has 3 rings (SSSR count). The van der Waals surface area contributed by atoms with Crippen LogP contribution >= 0.6 is 11.8 Å². The van der Waals surface area contributed by atoms with E-state index in [1.807, 2.05) is 61.5 Å². The summed E-state index contributed by atoms with van der Waals surface area (Å²) in [5.41, 5.74) is 3.10. The van der Waals surface area contributed by atoms with E-state index in [0.717, 1.165) is 16.8 Å². The number of hydrogen-bond donors (Lipinski definition) is 0. The monoisotopic (exact) mass is 353 g/mol. The molecule has 6 nitrogen and oxygen atoms in total. The SMILES string of the molecule is Cc1cccc(N(Cc2ccccc2)C(=O)CSc2nnnn2C)c1. The molecule has 0 N–H and O–H groups in total. The van der Waals surface area contributed by atoms with Crippen molar-refractivity contribution in [2.75, 3.05) is 10.7 Å². The van der Waals surface area contributed by atoms with Crippen LogP contribution in [0.1, 0.15) is 11.1 Å². The Hall–Kier alpha value is -2.67. The summed E-state index contributed by atoms with van der Waals surface area (Å²) in [6, 6.07) is 18.0. The maximum Gasteiger partial charge on any atom is 0.237 e. The van der Waals surface area contributed by atoms with Crippen molar-refractivity contribution in [1.29, 1.82) is 0 Å². The van der Waals surface area contributed by atoms with Crippen molar-refractivity contribution < 1.29 is 4.79 Å². The Morgan fingerprint density at radius 3 is 2.64 bits per heavy atom. The van der Waals surface area contributed by atoms with E-state index in [-0.39, 0.29) is 11.7 Å². The molecule has 1 heterocycles. The van der Waals surface area contributed by atoms with Gasteiger partial charge in [0.25, 0.3) is 0 Å². The molecule has 1 amide bonds. The van der Waals surface area contributed by atoms with Gasteiger partial charge in [-0.2, -0.15) is 0 Å². The van der Waals surface area contributed by atoms with E-state index < -0.39 is 0 Å². The first-order valence-electron chi connectivity index (χ1n) is 7.89. The molecule has 128 valence electrons. The molecule has 0 fully saturated rings. The number of carbonyl (C=O) groups is 1. The number of carbonyl (C=O) groups excluding carboxylic acids is 1. The number of thioether (sulfide) groups is 1. The number of rotatable bonds is 6. The van der Waals surface area contributed by atoms with Crippen LogP contribution < -0.4 is 4.90 Å². The number of aryl methyl sites for hydroxylation is 2. The van der Waals surface area contributed by atoms with Gasteiger partial charge >= 0.3 is 0 Å². The van der Waals surface area contributed by atoms with Crippen molar-refractivity contribution in [3.05, 3.63) is 65.7 Å². The van der Waals surface area contributed by atoms with Crippen LogP contribution in [-0.2, 0) is 18.4 Å². The second-order valence-electron chi connectivity index (χ2n) is 5.68. The second-order valence-corrected chi connectivity index (χ2v) is 6.62. The van der Waals surface area contributed by atoms with Crippen LogP contribution in [0.2, 0.25) is 0 Å². The normalized spacial score (nSPS) is 10.6. The third-order valence-corrected chi connectivity index (χ3v) is 4.70. The highest BCUT2D eigenvalue weighted by molar-refractivity contribution is 7.99. The summed E-state index contributed by atoms with van der Waals surface area (Å²) in [6.45, 7) is 2.55. The van der Waals surface area contributed by atoms with Gasteiger partial charge in [0.15, 0.2) is 0 Å². The Balaban J connectivity index is 1.80. The zero-order valence-electron chi connectivity index (χ0n) is 14.2. The van der Waals surface area contributed by atoms with Gasteiger partial charge in [0, 0.05) is 12.7 Å². The lowest BCUT2D eigenvalue weighted by molar-refractivity contribution is -0.116. The van der Waals surface area contributed by atoms with Gasteiger partial charge in [0.2, 0.25) is 11.1 Å². The topological polar surface area (TPSA) is 63.9 Å². The molecule has 0 spiro atoms. The first-order valence-corrected chi connectivity index (χ1v) is 8.88. The number of amides is 1. The minimum atomic E-state index is 0.0162. The molecule has 0 bridgehead atoms. The van der Waals surface area contributed by atoms with Crippen molar-refractivity contribution >= 4 is 23.4 Å². The fraction of sp³-hybridized carbons (Fsp3) is 0.222. The molecule has 1 aromatic heterocycles. The average Bonchev–Trinajstić information content (AvgIpc) is 3.03. The van der Waals surface area contributed by atoms with Crippen LogP contribution in [0.3, 0.4) is 0 Å². The van der Waals surface area contributed by atoms with Gasteiger partial charge in [-0.15, -0.1) is 5.10 Å². The van der Waals surface area contributed by atoms with Crippen LogP contribution in [-0.4, -0.2) is 31.9 Å². The maximum atomic E-state index is 12.9. The maximum absolute atomic E-state index is 12.9. The van der Waals surface area contributed by atoms with E-state index in [2.05, 4.69) is 15.5 Å². The largest absolute Gasteiger partial charge is 0.307 e. The average molecular weight is 353 g/mol. The first-order chi connectivity index (χ1) is 12.1. The van der Waals surface area contributed by atoms with Gasteiger partial charge in [0.1, 0.15) is 0 Å². The van der Waals surface area contributed by atoms with Crippen LogP contribution in [0.25, 0.3) is 0 Å². The number of hydrogen-bond acceptors (Lipinski definition) is 5. The van der Waals surface area contributed by atoms with Crippen molar-refractivity contribution in [3.63, 3.8) is 0 Å². The lowest BCUT2D eigenvalue weighted by atomic mass is 10.1. The van der Waals surface area contributed by atoms with E-state index in [9.17, 15) is 4.79 Å². The van der Waals surface area contributed by atoms with Crippen LogP contribution in [0.15, 0.2) is 59.8 Å². The van der Waals surface area contributed by atoms with E-state index in [1.54, 1.807) is 16.6 Å². The molecule has 0 saturated carbocycles. The Morgan fingerprint density at radius 1 is 1.16 bits per heavy atom. The molecule has 0 atom stereocenters. The highest BCUT2D eigenvalue weighted by Crippen LogP contribution is 2.21. The number of aromatic nitrogens is 4. The zero-order valence-corrected chi connectivity index (χ0v) is 15.0. The fourth-order valence-electron chi connectivity index (χ4n) is 2.43. The molecule has 0 radical (unpaired) electrons. The quantitative estimate of drug-likeness (QED) is 0.638. The smallest absolute Gasteiger partial charge is 0.237 e. The van der Waals surface area contributed by atoms with Gasteiger partial charge in [-0.05, 0) is 40.6 Å². The highest BCUT2D eigenvalue weighted by Gasteiger charge is 2.18. The Labute approximate surface area is 150 Å². The van der Waals surface area contributed by atoms with Crippen LogP contribution in [0, 0.1) is 6.92 Å². The van der Waals surface area contributed by atoms with Crippen molar-refractivity contribution in [3.8, 4) is 0 Å². The van der Waals surface area contributed by atoms with E-state index in [4.69, 9.17) is 0 Å². The molecule has 25 heavy (non-hydrogen) atoms. The van der Waals surface area contributed by atoms with Gasteiger partial charge in [-0.25, -0.2) is 4.68 Å². The minimum absolute atomic E-state index is 0.0162. The Kier molecular flexibility index (Phi) is 5.45. The summed E-state index contributed by atoms with van der Waals surface area (Å²) < 4.78 is 1.56. The molecule has 0 aliphatic rings. The number of benzene rings is 2. The van der Waals surface area contributed by atoms with Crippen molar-refractivity contribution in [2.45, 2.75) is 18.6 Å². The Bertz CT molecular complexity index is 849. The lowest BCUT2D eigenvalue weighted by Gasteiger charge is -2.23. The summed E-state index contributed by atoms with van der Waals surface area (Å²) in [7, 11) is 1.76. The molecule has 0 aliphatic carbocycles. The molecular weight excluding hydrogens is 334 g/mol. The Morgan fingerprint density at radius 2 is 1.96 bits per heavy atom. The molecular formula is C18H19N5OS. The predicted octanol–water partition coefficient (Wildman–Crippen LogP) is 2.84. The van der Waals surface area contributed by atoms with Gasteiger partial charge in [-0.1, -0.05) is 54.2 Å².